The normalized spacial score (nSPS) is 24.9. The maximum absolute atomic E-state index is 13.0. The molecule has 10 heteroatoms. The molecule has 38 heavy (non-hydrogen) atoms. The van der Waals surface area contributed by atoms with E-state index in [0.717, 1.165) is 59.8 Å². The van der Waals surface area contributed by atoms with Crippen molar-refractivity contribution in [2.75, 3.05) is 23.0 Å². The minimum absolute atomic E-state index is 0.0689. The second-order valence-corrected chi connectivity index (χ2v) is 15.9. The molecule has 0 bridgehead atoms. The van der Waals surface area contributed by atoms with E-state index in [2.05, 4.69) is 0 Å². The van der Waals surface area contributed by atoms with Crippen LogP contribution in [0.4, 0.5) is 0 Å². The van der Waals surface area contributed by atoms with Crippen LogP contribution in [0.25, 0.3) is 0 Å². The summed E-state index contributed by atoms with van der Waals surface area (Å²) in [7, 11) is -0.941. The second kappa shape index (κ2) is 12.0. The van der Waals surface area contributed by atoms with Crippen LogP contribution in [0.1, 0.15) is 79.1 Å². The van der Waals surface area contributed by atoms with Crippen LogP contribution in [-0.4, -0.2) is 71.7 Å². The number of imide groups is 2. The fourth-order valence-electron chi connectivity index (χ4n) is 5.91. The van der Waals surface area contributed by atoms with Gasteiger partial charge in [0.15, 0.2) is 0 Å². The Morgan fingerprint density at radius 2 is 1.13 bits per heavy atom. The predicted octanol–water partition coefficient (Wildman–Crippen LogP) is 4.64. The minimum atomic E-state index is -0.941. The van der Waals surface area contributed by atoms with E-state index in [1.54, 1.807) is 35.7 Å². The van der Waals surface area contributed by atoms with E-state index in [4.69, 9.17) is 0 Å². The number of thioether (sulfide) groups is 2. The maximum atomic E-state index is 13.0. The average molecular weight is 581 g/mol. The van der Waals surface area contributed by atoms with Crippen LogP contribution in [0.3, 0.4) is 0 Å². The van der Waals surface area contributed by atoms with Crippen LogP contribution in [-0.2, 0) is 30.0 Å². The van der Waals surface area contributed by atoms with E-state index in [1.807, 2.05) is 27.7 Å². The first-order valence-corrected chi connectivity index (χ1v) is 17.2. The summed E-state index contributed by atoms with van der Waals surface area (Å²) in [6, 6.07) is 0. The number of fused-ring (bicyclic) bond motifs is 2. The van der Waals surface area contributed by atoms with Gasteiger partial charge in [0.2, 0.25) is 11.8 Å². The van der Waals surface area contributed by atoms with E-state index in [-0.39, 0.29) is 35.5 Å². The van der Waals surface area contributed by atoms with E-state index >= 15 is 0 Å². The minimum Gasteiger partial charge on any atom is -0.274 e. The molecule has 2 atom stereocenters. The number of hydrogen-bond donors (Lipinski definition) is 0. The Labute approximate surface area is 237 Å². The summed E-state index contributed by atoms with van der Waals surface area (Å²) in [6.07, 6.45) is 9.41. The van der Waals surface area contributed by atoms with Crippen molar-refractivity contribution in [1.82, 2.24) is 9.80 Å². The van der Waals surface area contributed by atoms with Gasteiger partial charge in [-0.1, -0.05) is 12.8 Å². The highest BCUT2D eigenvalue weighted by molar-refractivity contribution is 8.03. The molecule has 210 valence electrons. The summed E-state index contributed by atoms with van der Waals surface area (Å²) in [5, 5.41) is 0. The molecule has 4 aliphatic heterocycles. The predicted molar refractivity (Wildman–Crippen MR) is 155 cm³/mol. The number of hydrogen-bond acceptors (Lipinski definition) is 7. The Balaban J connectivity index is 1.16. The molecular formula is C28H40N2O5S3. The molecule has 0 N–H and O–H groups in total. The van der Waals surface area contributed by atoms with Crippen LogP contribution in [0, 0.1) is 11.8 Å². The summed E-state index contributed by atoms with van der Waals surface area (Å²) in [4.78, 5) is 56.0. The molecule has 0 aromatic heterocycles. The SMILES string of the molecule is CC(C)(CCCCS(=O)CCCCC(C)(C)N1C(=O)C=C2SCCC2C1=O)N1C(=O)C=C2SCCC2C1=O. The van der Waals surface area contributed by atoms with Crippen LogP contribution in [0.2, 0.25) is 0 Å². The van der Waals surface area contributed by atoms with Crippen molar-refractivity contribution in [3.8, 4) is 0 Å². The molecule has 4 amide bonds. The van der Waals surface area contributed by atoms with Gasteiger partial charge in [-0.25, -0.2) is 0 Å². The Morgan fingerprint density at radius 3 is 1.53 bits per heavy atom. The van der Waals surface area contributed by atoms with Gasteiger partial charge in [0.1, 0.15) is 0 Å². The van der Waals surface area contributed by atoms with Gasteiger partial charge in [0.25, 0.3) is 11.8 Å². The summed E-state index contributed by atoms with van der Waals surface area (Å²) in [6.45, 7) is 7.79. The van der Waals surface area contributed by atoms with Crippen molar-refractivity contribution in [2.24, 2.45) is 11.8 Å². The van der Waals surface area contributed by atoms with Gasteiger partial charge in [0.05, 0.1) is 11.8 Å². The molecule has 2 fully saturated rings. The first kappa shape index (κ1) is 29.6. The van der Waals surface area contributed by atoms with E-state index in [0.29, 0.717) is 24.3 Å². The lowest BCUT2D eigenvalue weighted by Gasteiger charge is -2.40. The number of unbranched alkanes of at least 4 members (excludes halogenated alkanes) is 2. The second-order valence-electron chi connectivity index (χ2n) is 11.9. The van der Waals surface area contributed by atoms with Crippen LogP contribution in [0.15, 0.2) is 22.0 Å². The lowest BCUT2D eigenvalue weighted by atomic mass is 9.90. The van der Waals surface area contributed by atoms with Crippen molar-refractivity contribution in [1.29, 1.82) is 0 Å². The summed E-state index contributed by atoms with van der Waals surface area (Å²) in [5.74, 6) is 2.10. The fourth-order valence-corrected chi connectivity index (χ4v) is 9.55. The molecule has 0 saturated carbocycles. The summed E-state index contributed by atoms with van der Waals surface area (Å²) >= 11 is 3.23. The zero-order valence-electron chi connectivity index (χ0n) is 23.0. The Hall–Kier alpha value is -1.39. The van der Waals surface area contributed by atoms with Gasteiger partial charge in [-0.2, -0.15) is 0 Å². The third-order valence-corrected chi connectivity index (χ3v) is 11.9. The average Bonchev–Trinajstić information content (AvgIpc) is 3.49. The molecule has 0 aromatic rings. The fraction of sp³-hybridized carbons (Fsp3) is 0.714. The molecule has 4 rings (SSSR count). The Bertz CT molecular complexity index is 998. The van der Waals surface area contributed by atoms with Gasteiger partial charge in [0, 0.05) is 55.3 Å². The third-order valence-electron chi connectivity index (χ3n) is 8.08. The molecule has 2 unspecified atom stereocenters. The molecule has 7 nitrogen and oxygen atoms in total. The topological polar surface area (TPSA) is 91.8 Å². The van der Waals surface area contributed by atoms with Crippen molar-refractivity contribution in [2.45, 2.75) is 90.1 Å². The van der Waals surface area contributed by atoms with Crippen LogP contribution < -0.4 is 0 Å². The van der Waals surface area contributed by atoms with Crippen molar-refractivity contribution >= 4 is 58.0 Å². The Kier molecular flexibility index (Phi) is 9.35. The van der Waals surface area contributed by atoms with Gasteiger partial charge in [-0.3, -0.25) is 33.2 Å². The van der Waals surface area contributed by atoms with Gasteiger partial charge < -0.3 is 0 Å². The number of carbonyl (C=O) groups is 4. The molecule has 0 spiro atoms. The largest absolute Gasteiger partial charge is 0.274 e. The lowest BCUT2D eigenvalue weighted by molar-refractivity contribution is -0.153. The van der Waals surface area contributed by atoms with Crippen molar-refractivity contribution in [3.63, 3.8) is 0 Å². The smallest absolute Gasteiger partial charge is 0.254 e. The molecule has 0 radical (unpaired) electrons. The van der Waals surface area contributed by atoms with Crippen molar-refractivity contribution < 1.29 is 23.4 Å². The van der Waals surface area contributed by atoms with Crippen molar-refractivity contribution in [3.05, 3.63) is 22.0 Å². The maximum Gasteiger partial charge on any atom is 0.254 e. The zero-order valence-corrected chi connectivity index (χ0v) is 25.4. The van der Waals surface area contributed by atoms with Crippen LogP contribution in [0.5, 0.6) is 0 Å². The quantitative estimate of drug-likeness (QED) is 0.245. The molecule has 2 saturated heterocycles. The molecular weight excluding hydrogens is 541 g/mol. The molecule has 4 heterocycles. The highest BCUT2D eigenvalue weighted by Gasteiger charge is 2.45. The van der Waals surface area contributed by atoms with E-state index < -0.39 is 21.9 Å². The number of rotatable bonds is 12. The molecule has 0 aliphatic carbocycles. The summed E-state index contributed by atoms with van der Waals surface area (Å²) in [5.41, 5.74) is -1.13. The standard InChI is InChI=1S/C28H40N2O5S3/c1-27(2,29-23(31)17-21-19(25(29)33)9-13-36-21)11-5-7-15-38(35)16-8-6-12-28(3,4)30-24(32)18-22-20(26(30)34)10-14-37-22/h17-20H,5-16H2,1-4H3. The van der Waals surface area contributed by atoms with Gasteiger partial charge in [-0.05, 0) is 77.7 Å². The number of nitrogens with zero attached hydrogens (tertiary/aromatic N) is 2. The first-order valence-electron chi connectivity index (χ1n) is 13.7. The molecule has 0 aromatic carbocycles. The highest BCUT2D eigenvalue weighted by atomic mass is 32.2. The number of carbonyl (C=O) groups excluding carboxylic acids is 4. The third kappa shape index (κ3) is 6.33. The monoisotopic (exact) mass is 580 g/mol. The van der Waals surface area contributed by atoms with Gasteiger partial charge >= 0.3 is 0 Å². The molecule has 4 aliphatic rings. The number of amides is 4. The van der Waals surface area contributed by atoms with Crippen LogP contribution >= 0.6 is 23.5 Å². The van der Waals surface area contributed by atoms with E-state index in [1.165, 1.54) is 9.80 Å². The lowest BCUT2D eigenvalue weighted by Crippen LogP contribution is -2.54. The Morgan fingerprint density at radius 1 is 0.737 bits per heavy atom. The van der Waals surface area contributed by atoms with E-state index in [9.17, 15) is 23.4 Å². The zero-order chi connectivity index (χ0) is 27.7. The highest BCUT2D eigenvalue weighted by Crippen LogP contribution is 2.43. The van der Waals surface area contributed by atoms with Gasteiger partial charge in [-0.15, -0.1) is 23.5 Å². The first-order chi connectivity index (χ1) is 17.9. The summed E-state index contributed by atoms with van der Waals surface area (Å²) < 4.78 is 12.6.